The van der Waals surface area contributed by atoms with Gasteiger partial charge in [0.2, 0.25) is 5.91 Å². The summed E-state index contributed by atoms with van der Waals surface area (Å²) < 4.78 is 7.22. The first-order chi connectivity index (χ1) is 16.1. The van der Waals surface area contributed by atoms with Gasteiger partial charge in [0.25, 0.3) is 12.4 Å². The number of aromatic nitrogens is 3. The Hall–Kier alpha value is -3.05. The molecule has 5 rings (SSSR count). The maximum absolute atomic E-state index is 13.0. The molecule has 3 aliphatic rings. The predicted molar refractivity (Wildman–Crippen MR) is 118 cm³/mol. The van der Waals surface area contributed by atoms with Crippen LogP contribution in [-0.2, 0) is 14.3 Å². The first kappa shape index (κ1) is 23.1. The van der Waals surface area contributed by atoms with Gasteiger partial charge in [-0.25, -0.2) is 9.50 Å². The van der Waals surface area contributed by atoms with Crippen molar-refractivity contribution in [2.24, 2.45) is 5.92 Å². The van der Waals surface area contributed by atoms with Gasteiger partial charge >= 0.3 is 0 Å². The molecule has 0 radical (unpaired) electrons. The van der Waals surface area contributed by atoms with Crippen molar-refractivity contribution in [3.8, 4) is 0 Å². The number of carboxylic acid groups (broad SMARTS) is 1. The second-order valence-corrected chi connectivity index (χ2v) is 8.65. The second-order valence-electron chi connectivity index (χ2n) is 8.65. The van der Waals surface area contributed by atoms with Crippen LogP contribution in [-0.4, -0.2) is 99.3 Å². The van der Waals surface area contributed by atoms with Crippen LogP contribution < -0.4 is 5.32 Å². The number of hydrogen-bond donors (Lipinski definition) is 2. The Morgan fingerprint density at radius 2 is 1.97 bits per heavy atom. The lowest BCUT2D eigenvalue weighted by Gasteiger charge is -2.44. The summed E-state index contributed by atoms with van der Waals surface area (Å²) >= 11 is 0. The minimum absolute atomic E-state index is 0.0709. The summed E-state index contributed by atoms with van der Waals surface area (Å²) in [7, 11) is 0. The van der Waals surface area contributed by atoms with Crippen LogP contribution in [0.5, 0.6) is 0 Å². The second kappa shape index (κ2) is 10.7. The van der Waals surface area contributed by atoms with Gasteiger partial charge in [0.1, 0.15) is 6.33 Å². The highest BCUT2D eigenvalue weighted by Crippen LogP contribution is 2.27. The number of carbonyl (C=O) groups is 3. The number of pyridine rings is 1. The number of amides is 2. The zero-order valence-electron chi connectivity index (χ0n) is 18.5. The Morgan fingerprint density at radius 3 is 2.76 bits per heavy atom. The van der Waals surface area contributed by atoms with E-state index in [1.54, 1.807) is 22.8 Å². The monoisotopic (exact) mass is 458 g/mol. The molecule has 0 spiro atoms. The van der Waals surface area contributed by atoms with Crippen LogP contribution in [0.25, 0.3) is 5.65 Å². The van der Waals surface area contributed by atoms with Crippen molar-refractivity contribution in [2.45, 2.75) is 37.8 Å². The molecule has 2 N–H and O–H groups in total. The number of fused-ring (bicyclic) bond motifs is 2. The van der Waals surface area contributed by atoms with Crippen molar-refractivity contribution in [3.63, 3.8) is 0 Å². The van der Waals surface area contributed by atoms with E-state index in [-0.39, 0.29) is 30.2 Å². The number of nitrogens with zero attached hydrogens (tertiary/aromatic N) is 5. The summed E-state index contributed by atoms with van der Waals surface area (Å²) in [5.41, 5.74) is 1.24. The van der Waals surface area contributed by atoms with Crippen LogP contribution in [0.4, 0.5) is 0 Å². The number of hydrogen-bond acceptors (Lipinski definition) is 7. The van der Waals surface area contributed by atoms with E-state index in [9.17, 15) is 9.59 Å². The van der Waals surface area contributed by atoms with Gasteiger partial charge < -0.3 is 20.1 Å². The molecule has 11 nitrogen and oxygen atoms in total. The van der Waals surface area contributed by atoms with Crippen LogP contribution >= 0.6 is 0 Å². The molecule has 0 aromatic carbocycles. The fourth-order valence-electron chi connectivity index (χ4n) is 4.91. The highest BCUT2D eigenvalue weighted by molar-refractivity contribution is 5.95. The molecular weight excluding hydrogens is 428 g/mol. The third-order valence-corrected chi connectivity index (χ3v) is 6.70. The number of carbonyl (C=O) groups excluding carboxylic acids is 2. The largest absolute Gasteiger partial charge is 0.483 e. The fourth-order valence-corrected chi connectivity index (χ4v) is 4.91. The summed E-state index contributed by atoms with van der Waals surface area (Å²) in [6.07, 6.45) is 6.53. The molecule has 1 saturated carbocycles. The van der Waals surface area contributed by atoms with Gasteiger partial charge in [-0.05, 0) is 37.8 Å². The average molecular weight is 459 g/mol. The number of morpholine rings is 1. The summed E-state index contributed by atoms with van der Waals surface area (Å²) in [5, 5.41) is 14.1. The van der Waals surface area contributed by atoms with Crippen molar-refractivity contribution in [3.05, 3.63) is 30.2 Å². The highest BCUT2D eigenvalue weighted by atomic mass is 16.5. The zero-order valence-corrected chi connectivity index (χ0v) is 18.5. The number of rotatable bonds is 3. The lowest BCUT2D eigenvalue weighted by Crippen LogP contribution is -2.60. The average Bonchev–Trinajstić information content (AvgIpc) is 3.32. The van der Waals surface area contributed by atoms with Crippen molar-refractivity contribution >= 4 is 23.9 Å². The van der Waals surface area contributed by atoms with Gasteiger partial charge in [0.05, 0.1) is 19.3 Å². The van der Waals surface area contributed by atoms with Gasteiger partial charge in [-0.1, -0.05) is 0 Å². The molecule has 2 aromatic heterocycles. The zero-order chi connectivity index (χ0) is 23.2. The molecule has 2 amide bonds. The van der Waals surface area contributed by atoms with E-state index in [0.29, 0.717) is 17.3 Å². The Balaban J connectivity index is 0.000000821. The molecular formula is C22H30N6O5. The molecule has 2 aromatic rings. The quantitative estimate of drug-likeness (QED) is 0.627. The molecule has 0 bridgehead atoms. The van der Waals surface area contributed by atoms with Crippen molar-refractivity contribution < 1.29 is 24.2 Å². The number of piperazine rings is 1. The molecule has 4 heterocycles. The van der Waals surface area contributed by atoms with Crippen LogP contribution in [0.3, 0.4) is 0 Å². The molecule has 11 heteroatoms. The first-order valence-corrected chi connectivity index (χ1v) is 11.4. The molecule has 1 aliphatic carbocycles. The van der Waals surface area contributed by atoms with E-state index in [1.165, 1.54) is 6.33 Å². The highest BCUT2D eigenvalue weighted by Gasteiger charge is 2.35. The molecule has 2 aliphatic heterocycles. The predicted octanol–water partition coefficient (Wildman–Crippen LogP) is 0.262. The minimum Gasteiger partial charge on any atom is -0.483 e. The van der Waals surface area contributed by atoms with E-state index in [4.69, 9.17) is 14.6 Å². The minimum atomic E-state index is -0.250. The maximum atomic E-state index is 13.0. The number of nitrogens with one attached hydrogen (secondary N) is 1. The van der Waals surface area contributed by atoms with E-state index in [2.05, 4.69) is 20.3 Å². The summed E-state index contributed by atoms with van der Waals surface area (Å²) in [5.74, 6) is 0.257. The van der Waals surface area contributed by atoms with E-state index >= 15 is 0 Å². The van der Waals surface area contributed by atoms with Crippen LogP contribution in [0.2, 0.25) is 0 Å². The summed E-state index contributed by atoms with van der Waals surface area (Å²) in [6.45, 7) is 4.79. The molecule has 178 valence electrons. The summed E-state index contributed by atoms with van der Waals surface area (Å²) in [6, 6.07) is 3.95. The van der Waals surface area contributed by atoms with Gasteiger partial charge in [0.15, 0.2) is 5.65 Å². The first-order valence-electron chi connectivity index (χ1n) is 11.4. The Morgan fingerprint density at radius 1 is 1.18 bits per heavy atom. The van der Waals surface area contributed by atoms with Gasteiger partial charge in [-0.2, -0.15) is 5.10 Å². The Kier molecular flexibility index (Phi) is 7.50. The van der Waals surface area contributed by atoms with Crippen molar-refractivity contribution in [1.29, 1.82) is 0 Å². The number of ether oxygens (including phenoxy) is 1. The van der Waals surface area contributed by atoms with Crippen LogP contribution in [0.15, 0.2) is 24.7 Å². The molecule has 3 fully saturated rings. The van der Waals surface area contributed by atoms with E-state index < -0.39 is 0 Å². The Labute approximate surface area is 191 Å². The van der Waals surface area contributed by atoms with E-state index in [0.717, 1.165) is 65.1 Å². The molecule has 1 unspecified atom stereocenters. The van der Waals surface area contributed by atoms with Crippen molar-refractivity contribution in [2.75, 3.05) is 39.4 Å². The van der Waals surface area contributed by atoms with E-state index in [1.807, 2.05) is 4.90 Å². The van der Waals surface area contributed by atoms with Gasteiger partial charge in [-0.15, -0.1) is 0 Å². The maximum Gasteiger partial charge on any atom is 0.290 e. The van der Waals surface area contributed by atoms with Crippen LogP contribution in [0.1, 0.15) is 36.0 Å². The standard InChI is InChI=1S/C21H28N6O3.CH2O2/c28-20(16-5-6-27-19(11-16)22-14-23-27)24-17-3-1-15(2-4-17)21(29)26-8-7-25-9-10-30-13-18(25)12-26;2-1-3/h5-6,11,14-15,17-18H,1-4,7-10,12-13H2,(H,24,28);1H,(H,2,3). The molecule has 1 atom stereocenters. The SMILES string of the molecule is O=C(NC1CCC(C(=O)N2CCN3CCOCC3C2)CC1)c1ccn2ncnc2c1.O=CO. The lowest BCUT2D eigenvalue weighted by atomic mass is 9.84. The topological polar surface area (TPSA) is 129 Å². The molecule has 33 heavy (non-hydrogen) atoms. The lowest BCUT2D eigenvalue weighted by molar-refractivity contribution is -0.142. The van der Waals surface area contributed by atoms with Gasteiger partial charge in [0, 0.05) is 49.9 Å². The normalized spacial score (nSPS) is 25.5. The third kappa shape index (κ3) is 5.48. The Bertz CT molecular complexity index is 973. The molecule has 2 saturated heterocycles. The smallest absolute Gasteiger partial charge is 0.290 e. The van der Waals surface area contributed by atoms with Crippen molar-refractivity contribution in [1.82, 2.24) is 29.7 Å². The summed E-state index contributed by atoms with van der Waals surface area (Å²) in [4.78, 5) is 42.6. The third-order valence-electron chi connectivity index (χ3n) is 6.70. The fraction of sp³-hybridized carbons (Fsp3) is 0.591. The van der Waals surface area contributed by atoms with Gasteiger partial charge in [-0.3, -0.25) is 19.3 Å². The van der Waals surface area contributed by atoms with Crippen LogP contribution in [0, 0.1) is 5.92 Å².